The van der Waals surface area contributed by atoms with Gasteiger partial charge in [-0.1, -0.05) is 32.0 Å². The normalized spacial score (nSPS) is 16.3. The number of halogens is 2. The number of primary amides is 1. The summed E-state index contributed by atoms with van der Waals surface area (Å²) < 4.78 is 30.0. The Hall–Kier alpha value is -5.43. The Morgan fingerprint density at radius 3 is 2.48 bits per heavy atom. The first-order valence-corrected chi connectivity index (χ1v) is 15.0. The average molecular weight is 619 g/mol. The summed E-state index contributed by atoms with van der Waals surface area (Å²) in [5.41, 5.74) is 9.45. The first kappa shape index (κ1) is 30.6. The summed E-state index contributed by atoms with van der Waals surface area (Å²) in [6, 6.07) is 15.9. The molecule has 3 N–H and O–H groups in total. The molecule has 0 aliphatic carbocycles. The van der Waals surface area contributed by atoms with Crippen LogP contribution in [0.25, 0.3) is 22.2 Å². The lowest BCUT2D eigenvalue weighted by molar-refractivity contribution is 0.0935. The number of benzene rings is 2. The highest BCUT2D eigenvalue weighted by Gasteiger charge is 2.44. The fraction of sp³-hybridized carbons (Fsp3) is 0.250. The first-order valence-electron chi connectivity index (χ1n) is 15.0. The van der Waals surface area contributed by atoms with Crippen LogP contribution in [0.2, 0.25) is 0 Å². The van der Waals surface area contributed by atoms with Crippen molar-refractivity contribution in [1.82, 2.24) is 19.9 Å². The quantitative estimate of drug-likeness (QED) is 0.209. The number of amides is 2. The number of hydrogen-bond acceptors (Lipinski definition) is 5. The van der Waals surface area contributed by atoms with E-state index >= 15 is 0 Å². The van der Waals surface area contributed by atoms with Crippen molar-refractivity contribution in [1.29, 1.82) is 5.26 Å². The molecule has 4 heterocycles. The van der Waals surface area contributed by atoms with E-state index in [2.05, 4.69) is 5.32 Å². The predicted molar refractivity (Wildman–Crippen MR) is 170 cm³/mol. The van der Waals surface area contributed by atoms with E-state index in [0.717, 1.165) is 10.9 Å². The molecule has 0 unspecified atom stereocenters. The van der Waals surface area contributed by atoms with Gasteiger partial charge in [-0.2, -0.15) is 5.26 Å². The van der Waals surface area contributed by atoms with Crippen LogP contribution in [0.3, 0.4) is 0 Å². The molecule has 232 valence electrons. The Bertz CT molecular complexity index is 2080. The largest absolute Gasteiger partial charge is 0.366 e. The standard InChI is InChI=1S/C36H32F2N6O2/c1-19(2)13-28-30(33(40)45)29(31-32(42-28)36(4,43-35(31)46)16-21-5-9-26(37)10-6-21)25-14-23-11-12-44(34(23)41-18-25)20(3)22-7-8-24(17-39)27(38)15-22/h5-12,14-15,18-20H,13,16H2,1-4H3,(H2,40,45)(H,43,46)/t20-,36-/m1/s1. The number of nitrogens with zero attached hydrogens (tertiary/aromatic N) is 4. The summed E-state index contributed by atoms with van der Waals surface area (Å²) >= 11 is 0. The second-order valence-electron chi connectivity index (χ2n) is 12.5. The molecule has 0 bridgehead atoms. The molecule has 2 aromatic carbocycles. The highest BCUT2D eigenvalue weighted by atomic mass is 19.1. The highest BCUT2D eigenvalue weighted by molar-refractivity contribution is 6.12. The Labute approximate surface area is 264 Å². The third-order valence-corrected chi connectivity index (χ3v) is 8.59. The molecule has 0 spiro atoms. The summed E-state index contributed by atoms with van der Waals surface area (Å²) in [4.78, 5) is 36.6. The Morgan fingerprint density at radius 2 is 1.83 bits per heavy atom. The number of carbonyl (C=O) groups excluding carboxylic acids is 2. The van der Waals surface area contributed by atoms with Gasteiger partial charge in [-0.05, 0) is 73.7 Å². The van der Waals surface area contributed by atoms with Crippen molar-refractivity contribution < 1.29 is 18.4 Å². The maximum absolute atomic E-state index is 14.4. The fourth-order valence-corrected chi connectivity index (χ4v) is 6.39. The highest BCUT2D eigenvalue weighted by Crippen LogP contribution is 2.42. The average Bonchev–Trinajstić information content (AvgIpc) is 3.54. The van der Waals surface area contributed by atoms with Gasteiger partial charge in [0.15, 0.2) is 0 Å². The zero-order valence-corrected chi connectivity index (χ0v) is 25.9. The number of aromatic nitrogens is 3. The molecule has 5 aromatic rings. The summed E-state index contributed by atoms with van der Waals surface area (Å²) in [6.45, 7) is 7.80. The molecule has 1 aliphatic rings. The van der Waals surface area contributed by atoms with Crippen LogP contribution in [0.15, 0.2) is 67.0 Å². The minimum Gasteiger partial charge on any atom is -0.366 e. The van der Waals surface area contributed by atoms with E-state index in [1.54, 1.807) is 24.4 Å². The van der Waals surface area contributed by atoms with E-state index in [1.807, 2.05) is 56.7 Å². The van der Waals surface area contributed by atoms with Gasteiger partial charge in [0, 0.05) is 35.3 Å². The minimum absolute atomic E-state index is 0.0270. The number of nitriles is 1. The molecule has 10 heteroatoms. The summed E-state index contributed by atoms with van der Waals surface area (Å²) in [6.07, 6.45) is 4.24. The summed E-state index contributed by atoms with van der Waals surface area (Å²) in [5.74, 6) is -1.91. The van der Waals surface area contributed by atoms with Crippen LogP contribution in [0.4, 0.5) is 8.78 Å². The van der Waals surface area contributed by atoms with Crippen LogP contribution >= 0.6 is 0 Å². The number of nitrogens with two attached hydrogens (primary N) is 1. The topological polar surface area (TPSA) is 127 Å². The van der Waals surface area contributed by atoms with Crippen molar-refractivity contribution in [3.05, 3.63) is 118 Å². The molecule has 0 radical (unpaired) electrons. The smallest absolute Gasteiger partial charge is 0.254 e. The first-order chi connectivity index (χ1) is 21.9. The Balaban J connectivity index is 1.51. The van der Waals surface area contributed by atoms with Gasteiger partial charge in [-0.25, -0.2) is 13.8 Å². The predicted octanol–water partition coefficient (Wildman–Crippen LogP) is 6.36. The molecule has 0 saturated carbocycles. The van der Waals surface area contributed by atoms with Gasteiger partial charge in [0.2, 0.25) is 0 Å². The maximum atomic E-state index is 14.4. The van der Waals surface area contributed by atoms with Gasteiger partial charge < -0.3 is 15.6 Å². The third kappa shape index (κ3) is 5.28. The van der Waals surface area contributed by atoms with E-state index < -0.39 is 23.2 Å². The van der Waals surface area contributed by atoms with Crippen LogP contribution in [0, 0.1) is 28.9 Å². The maximum Gasteiger partial charge on any atom is 0.254 e. The van der Waals surface area contributed by atoms with Gasteiger partial charge in [0.1, 0.15) is 23.4 Å². The lowest BCUT2D eigenvalue weighted by Gasteiger charge is -2.26. The molecule has 2 amide bonds. The van der Waals surface area contributed by atoms with Gasteiger partial charge in [0.25, 0.3) is 11.8 Å². The monoisotopic (exact) mass is 618 g/mol. The lowest BCUT2D eigenvalue weighted by atomic mass is 9.85. The van der Waals surface area contributed by atoms with Gasteiger partial charge in [0.05, 0.1) is 39.7 Å². The van der Waals surface area contributed by atoms with Crippen molar-refractivity contribution in [3.8, 4) is 17.2 Å². The zero-order chi connectivity index (χ0) is 32.9. The van der Waals surface area contributed by atoms with Crippen LogP contribution in [0.1, 0.15) is 82.5 Å². The van der Waals surface area contributed by atoms with E-state index in [-0.39, 0.29) is 34.5 Å². The summed E-state index contributed by atoms with van der Waals surface area (Å²) in [5, 5.41) is 12.9. The van der Waals surface area contributed by atoms with E-state index in [1.165, 1.54) is 24.3 Å². The number of nitrogens with one attached hydrogen (secondary N) is 1. The van der Waals surface area contributed by atoms with Crippen LogP contribution in [-0.2, 0) is 18.4 Å². The SMILES string of the molecule is CC(C)Cc1nc2c(c(-c3cnc4c(ccn4[C@H](C)c4ccc(C#N)c(F)c4)c3)c1C(N)=O)C(=O)N[C@]2(C)Cc1ccc(F)cc1. The number of pyridine rings is 2. The second kappa shape index (κ2) is 11.5. The van der Waals surface area contributed by atoms with Gasteiger partial charge >= 0.3 is 0 Å². The molecule has 1 aliphatic heterocycles. The number of fused-ring (bicyclic) bond motifs is 2. The lowest BCUT2D eigenvalue weighted by Crippen LogP contribution is -2.39. The summed E-state index contributed by atoms with van der Waals surface area (Å²) in [7, 11) is 0. The van der Waals surface area contributed by atoms with E-state index in [4.69, 9.17) is 21.0 Å². The molecule has 46 heavy (non-hydrogen) atoms. The molecule has 3 aromatic heterocycles. The zero-order valence-electron chi connectivity index (χ0n) is 25.9. The molecular weight excluding hydrogens is 586 g/mol. The third-order valence-electron chi connectivity index (χ3n) is 8.59. The molecule has 2 atom stereocenters. The molecule has 6 rings (SSSR count). The Kier molecular flexibility index (Phi) is 7.64. The van der Waals surface area contributed by atoms with Gasteiger partial charge in [-0.3, -0.25) is 14.6 Å². The van der Waals surface area contributed by atoms with Crippen LogP contribution < -0.4 is 11.1 Å². The second-order valence-corrected chi connectivity index (χ2v) is 12.5. The van der Waals surface area contributed by atoms with E-state index in [0.29, 0.717) is 46.6 Å². The van der Waals surface area contributed by atoms with Crippen molar-refractivity contribution in [2.75, 3.05) is 0 Å². The van der Waals surface area contributed by atoms with Crippen molar-refractivity contribution in [2.24, 2.45) is 11.7 Å². The minimum atomic E-state index is -0.937. The number of hydrogen-bond donors (Lipinski definition) is 2. The van der Waals surface area contributed by atoms with Crippen molar-refractivity contribution in [3.63, 3.8) is 0 Å². The number of carbonyl (C=O) groups is 2. The van der Waals surface area contributed by atoms with Crippen molar-refractivity contribution >= 4 is 22.8 Å². The molecular formula is C36H32F2N6O2. The van der Waals surface area contributed by atoms with Crippen molar-refractivity contribution in [2.45, 2.75) is 52.1 Å². The fourth-order valence-electron chi connectivity index (χ4n) is 6.39. The molecule has 0 fully saturated rings. The van der Waals surface area contributed by atoms with Gasteiger partial charge in [-0.15, -0.1) is 0 Å². The molecule has 0 saturated heterocycles. The van der Waals surface area contributed by atoms with E-state index in [9.17, 15) is 18.4 Å². The number of rotatable bonds is 8. The Morgan fingerprint density at radius 1 is 1.09 bits per heavy atom. The van der Waals surface area contributed by atoms with Crippen LogP contribution in [0.5, 0.6) is 0 Å². The molecule has 8 nitrogen and oxygen atoms in total. The van der Waals surface area contributed by atoms with Crippen LogP contribution in [-0.4, -0.2) is 26.3 Å².